The number of aromatic nitrogens is 1. The molecule has 82 valence electrons. The minimum atomic E-state index is -0.230. The van der Waals surface area contributed by atoms with E-state index < -0.39 is 0 Å². The van der Waals surface area contributed by atoms with E-state index >= 15 is 0 Å². The summed E-state index contributed by atoms with van der Waals surface area (Å²) >= 11 is 0. The number of rotatable bonds is 5. The Morgan fingerprint density at radius 3 is 3.07 bits per heavy atom. The first kappa shape index (κ1) is 11.7. The Bertz CT molecular complexity index is 326. The van der Waals surface area contributed by atoms with Gasteiger partial charge >= 0.3 is 5.97 Å². The van der Waals surface area contributed by atoms with E-state index in [0.717, 1.165) is 11.3 Å². The van der Waals surface area contributed by atoms with Gasteiger partial charge in [-0.2, -0.15) is 0 Å². The second kappa shape index (κ2) is 6.14. The number of hydrogen-bond acceptors (Lipinski definition) is 4. The fourth-order valence-electron chi connectivity index (χ4n) is 1.20. The first-order valence-electron chi connectivity index (χ1n) is 5.01. The van der Waals surface area contributed by atoms with Gasteiger partial charge in [0.1, 0.15) is 0 Å². The number of nitrogens with zero attached hydrogens (tertiary/aromatic N) is 1. The van der Waals surface area contributed by atoms with Crippen LogP contribution in [0.3, 0.4) is 0 Å². The predicted octanol–water partition coefficient (Wildman–Crippen LogP) is 1.04. The number of ether oxygens (including phenoxy) is 1. The molecule has 4 nitrogen and oxygen atoms in total. The maximum absolute atomic E-state index is 11.0. The van der Waals surface area contributed by atoms with E-state index in [1.165, 1.54) is 0 Å². The summed E-state index contributed by atoms with van der Waals surface area (Å²) in [5.41, 5.74) is 2.08. The van der Waals surface area contributed by atoms with Crippen LogP contribution in [0.4, 0.5) is 0 Å². The van der Waals surface area contributed by atoms with Crippen LogP contribution >= 0.6 is 0 Å². The Labute approximate surface area is 89.7 Å². The van der Waals surface area contributed by atoms with Crippen molar-refractivity contribution in [1.82, 2.24) is 10.3 Å². The Morgan fingerprint density at radius 1 is 1.60 bits per heavy atom. The van der Waals surface area contributed by atoms with Crippen LogP contribution in [-0.4, -0.2) is 24.1 Å². The maximum Gasteiger partial charge on any atom is 0.319 e. The molecule has 4 heteroatoms. The van der Waals surface area contributed by atoms with E-state index in [4.69, 9.17) is 4.74 Å². The molecule has 0 aliphatic carbocycles. The standard InChI is InChI=1S/C11H16N2O2/c1-3-15-11(14)8-12-7-10-9(2)5-4-6-13-10/h4-6,12H,3,7-8H2,1-2H3. The molecule has 0 aliphatic rings. The SMILES string of the molecule is CCOC(=O)CNCc1ncccc1C. The number of carbonyl (C=O) groups excluding carboxylic acids is 1. The molecule has 15 heavy (non-hydrogen) atoms. The summed E-state index contributed by atoms with van der Waals surface area (Å²) in [6.07, 6.45) is 1.74. The van der Waals surface area contributed by atoms with Crippen molar-refractivity contribution in [2.45, 2.75) is 20.4 Å². The Morgan fingerprint density at radius 2 is 2.40 bits per heavy atom. The summed E-state index contributed by atoms with van der Waals surface area (Å²) in [7, 11) is 0. The Hall–Kier alpha value is -1.42. The van der Waals surface area contributed by atoms with Crippen LogP contribution in [0, 0.1) is 6.92 Å². The molecular weight excluding hydrogens is 192 g/mol. The highest BCUT2D eigenvalue weighted by Crippen LogP contribution is 2.01. The fraction of sp³-hybridized carbons (Fsp3) is 0.455. The molecule has 1 N–H and O–H groups in total. The van der Waals surface area contributed by atoms with Gasteiger partial charge in [-0.15, -0.1) is 0 Å². The third-order valence-electron chi connectivity index (χ3n) is 1.98. The molecule has 0 bridgehead atoms. The minimum absolute atomic E-state index is 0.226. The van der Waals surface area contributed by atoms with Crippen LogP contribution in [-0.2, 0) is 16.1 Å². The summed E-state index contributed by atoms with van der Waals surface area (Å²) in [6, 6.07) is 3.89. The number of nitrogens with one attached hydrogen (secondary N) is 1. The van der Waals surface area contributed by atoms with Gasteiger partial charge in [-0.25, -0.2) is 0 Å². The van der Waals surface area contributed by atoms with Crippen LogP contribution in [0.1, 0.15) is 18.2 Å². The van der Waals surface area contributed by atoms with Crippen molar-refractivity contribution in [2.75, 3.05) is 13.2 Å². The van der Waals surface area contributed by atoms with Crippen molar-refractivity contribution in [3.8, 4) is 0 Å². The predicted molar refractivity (Wildman–Crippen MR) is 57.3 cm³/mol. The van der Waals surface area contributed by atoms with E-state index in [9.17, 15) is 4.79 Å². The van der Waals surface area contributed by atoms with E-state index in [0.29, 0.717) is 13.2 Å². The highest BCUT2D eigenvalue weighted by atomic mass is 16.5. The molecule has 0 unspecified atom stereocenters. The van der Waals surface area contributed by atoms with Gasteiger partial charge in [0, 0.05) is 12.7 Å². The second-order valence-electron chi connectivity index (χ2n) is 3.18. The van der Waals surface area contributed by atoms with Gasteiger partial charge in [0.25, 0.3) is 0 Å². The molecule has 0 spiro atoms. The average molecular weight is 208 g/mol. The normalized spacial score (nSPS) is 10.0. The third kappa shape index (κ3) is 4.08. The van der Waals surface area contributed by atoms with Gasteiger partial charge in [-0.3, -0.25) is 9.78 Å². The zero-order valence-electron chi connectivity index (χ0n) is 9.12. The summed E-state index contributed by atoms with van der Waals surface area (Å²) < 4.78 is 4.79. The van der Waals surface area contributed by atoms with Crippen LogP contribution in [0.25, 0.3) is 0 Å². The molecule has 0 saturated heterocycles. The number of esters is 1. The van der Waals surface area contributed by atoms with E-state index in [1.807, 2.05) is 19.1 Å². The zero-order valence-corrected chi connectivity index (χ0v) is 9.12. The van der Waals surface area contributed by atoms with Crippen molar-refractivity contribution in [2.24, 2.45) is 0 Å². The number of hydrogen-bond donors (Lipinski definition) is 1. The van der Waals surface area contributed by atoms with Crippen LogP contribution in [0.15, 0.2) is 18.3 Å². The molecular formula is C11H16N2O2. The summed E-state index contributed by atoms with van der Waals surface area (Å²) in [4.78, 5) is 15.2. The number of aryl methyl sites for hydroxylation is 1. The molecule has 1 aromatic rings. The van der Waals surface area contributed by atoms with Crippen LogP contribution < -0.4 is 5.32 Å². The molecule has 0 aromatic carbocycles. The molecule has 1 heterocycles. The largest absolute Gasteiger partial charge is 0.465 e. The highest BCUT2D eigenvalue weighted by Gasteiger charge is 2.02. The van der Waals surface area contributed by atoms with Gasteiger partial charge in [0.05, 0.1) is 18.8 Å². The van der Waals surface area contributed by atoms with Gasteiger partial charge < -0.3 is 10.1 Å². The van der Waals surface area contributed by atoms with Crippen molar-refractivity contribution >= 4 is 5.97 Å². The zero-order chi connectivity index (χ0) is 11.1. The Balaban J connectivity index is 2.32. The second-order valence-corrected chi connectivity index (χ2v) is 3.18. The highest BCUT2D eigenvalue weighted by molar-refractivity contribution is 5.71. The van der Waals surface area contributed by atoms with Gasteiger partial charge in [0.15, 0.2) is 0 Å². The van der Waals surface area contributed by atoms with Crippen molar-refractivity contribution in [1.29, 1.82) is 0 Å². The first-order valence-corrected chi connectivity index (χ1v) is 5.01. The molecule has 0 atom stereocenters. The van der Waals surface area contributed by atoms with E-state index in [1.54, 1.807) is 13.1 Å². The summed E-state index contributed by atoms with van der Waals surface area (Å²) in [6.45, 7) is 5.02. The van der Waals surface area contributed by atoms with Crippen molar-refractivity contribution in [3.63, 3.8) is 0 Å². The number of pyridine rings is 1. The summed E-state index contributed by atoms with van der Waals surface area (Å²) in [5, 5.41) is 2.99. The molecule has 0 saturated carbocycles. The van der Waals surface area contributed by atoms with Gasteiger partial charge in [0.2, 0.25) is 0 Å². The first-order chi connectivity index (χ1) is 7.24. The molecule has 0 radical (unpaired) electrons. The summed E-state index contributed by atoms with van der Waals surface area (Å²) in [5.74, 6) is -0.230. The smallest absolute Gasteiger partial charge is 0.319 e. The molecule has 1 aromatic heterocycles. The lowest BCUT2D eigenvalue weighted by molar-refractivity contribution is -0.142. The van der Waals surface area contributed by atoms with Gasteiger partial charge in [-0.05, 0) is 25.5 Å². The molecule has 0 aliphatic heterocycles. The number of carbonyl (C=O) groups is 1. The lowest BCUT2D eigenvalue weighted by Crippen LogP contribution is -2.25. The van der Waals surface area contributed by atoms with Crippen molar-refractivity contribution < 1.29 is 9.53 Å². The quantitative estimate of drug-likeness (QED) is 0.735. The van der Waals surface area contributed by atoms with Crippen LogP contribution in [0.2, 0.25) is 0 Å². The lowest BCUT2D eigenvalue weighted by atomic mass is 10.2. The molecule has 0 amide bonds. The Kier molecular flexibility index (Phi) is 4.77. The lowest BCUT2D eigenvalue weighted by Gasteiger charge is -2.05. The van der Waals surface area contributed by atoms with Crippen molar-refractivity contribution in [3.05, 3.63) is 29.6 Å². The average Bonchev–Trinajstić information content (AvgIpc) is 2.21. The van der Waals surface area contributed by atoms with E-state index in [2.05, 4.69) is 10.3 Å². The van der Waals surface area contributed by atoms with Crippen LogP contribution in [0.5, 0.6) is 0 Å². The third-order valence-corrected chi connectivity index (χ3v) is 1.98. The van der Waals surface area contributed by atoms with E-state index in [-0.39, 0.29) is 12.5 Å². The monoisotopic (exact) mass is 208 g/mol. The molecule has 0 fully saturated rings. The maximum atomic E-state index is 11.0. The van der Waals surface area contributed by atoms with Gasteiger partial charge in [-0.1, -0.05) is 6.07 Å². The fourth-order valence-corrected chi connectivity index (χ4v) is 1.20. The topological polar surface area (TPSA) is 51.2 Å². The minimum Gasteiger partial charge on any atom is -0.465 e. The molecule has 1 rings (SSSR count).